The lowest BCUT2D eigenvalue weighted by Crippen LogP contribution is -1.75. The Hall–Kier alpha value is -1.91. The van der Waals surface area contributed by atoms with Crippen LogP contribution in [0.2, 0.25) is 0 Å². The van der Waals surface area contributed by atoms with E-state index < -0.39 is 0 Å². The minimum absolute atomic E-state index is 0.322. The zero-order chi connectivity index (χ0) is 9.23. The summed E-state index contributed by atoms with van der Waals surface area (Å²) in [7, 11) is 0. The Morgan fingerprint density at radius 1 is 1.33 bits per heavy atom. The second-order valence-electron chi connectivity index (χ2n) is 1.73. The van der Waals surface area contributed by atoms with Crippen LogP contribution in [-0.2, 0) is 0 Å². The maximum Gasteiger partial charge on any atom is 0.156 e. The van der Waals surface area contributed by atoms with Crippen LogP contribution in [0.5, 0.6) is 5.75 Å². The summed E-state index contributed by atoms with van der Waals surface area (Å²) in [5.74, 6) is 4.82. The summed E-state index contributed by atoms with van der Waals surface area (Å²) in [6, 6.07) is 8.71. The van der Waals surface area contributed by atoms with E-state index in [9.17, 15) is 0 Å². The molecule has 0 saturated heterocycles. The molecule has 0 aliphatic rings. The predicted octanol–water partition coefficient (Wildman–Crippen LogP) is 1.31. The SMILES string of the molecule is N=N/C=N/N.Oc1ccccc1. The van der Waals surface area contributed by atoms with Crippen molar-refractivity contribution in [1.82, 2.24) is 0 Å². The van der Waals surface area contributed by atoms with Gasteiger partial charge in [0, 0.05) is 0 Å². The summed E-state index contributed by atoms with van der Waals surface area (Å²) >= 11 is 0. The van der Waals surface area contributed by atoms with Gasteiger partial charge in [-0.1, -0.05) is 18.2 Å². The first-order chi connectivity index (χ1) is 5.81. The molecular formula is C7H10N4O. The number of nitrogens with zero attached hydrogens (tertiary/aromatic N) is 2. The topological polar surface area (TPSA) is 94.8 Å². The first kappa shape index (κ1) is 10.1. The molecule has 0 aliphatic heterocycles. The second kappa shape index (κ2) is 7.20. The molecule has 0 amide bonds. The number of nitrogens with two attached hydrogens (primary N) is 1. The lowest BCUT2D eigenvalue weighted by molar-refractivity contribution is 0.475. The zero-order valence-corrected chi connectivity index (χ0v) is 6.38. The molecule has 0 radical (unpaired) electrons. The second-order valence-corrected chi connectivity index (χ2v) is 1.73. The average Bonchev–Trinajstić information content (AvgIpc) is 2.08. The van der Waals surface area contributed by atoms with Crippen molar-refractivity contribution in [2.75, 3.05) is 0 Å². The lowest BCUT2D eigenvalue weighted by atomic mass is 10.3. The van der Waals surface area contributed by atoms with E-state index in [2.05, 4.69) is 16.1 Å². The molecule has 5 heteroatoms. The number of hydrogen-bond acceptors (Lipinski definition) is 4. The van der Waals surface area contributed by atoms with E-state index >= 15 is 0 Å². The van der Waals surface area contributed by atoms with Crippen molar-refractivity contribution < 1.29 is 5.11 Å². The molecule has 0 atom stereocenters. The standard InChI is InChI=1S/C6H6O.CH4N4/c7-6-4-2-1-3-5-6;2-4-1-5-3/h1-5,7H;1-2H,3H2/b;4-2?,5-1+. The molecule has 64 valence electrons. The van der Waals surface area contributed by atoms with Gasteiger partial charge in [-0.2, -0.15) is 5.10 Å². The smallest absolute Gasteiger partial charge is 0.156 e. The van der Waals surface area contributed by atoms with E-state index in [1.165, 1.54) is 0 Å². The van der Waals surface area contributed by atoms with Crippen LogP contribution in [0.15, 0.2) is 40.5 Å². The zero-order valence-electron chi connectivity index (χ0n) is 6.38. The predicted molar refractivity (Wildman–Crippen MR) is 45.9 cm³/mol. The summed E-state index contributed by atoms with van der Waals surface area (Å²) < 4.78 is 0. The van der Waals surface area contributed by atoms with Crippen molar-refractivity contribution in [3.05, 3.63) is 30.3 Å². The maximum absolute atomic E-state index is 8.63. The third-order valence-electron chi connectivity index (χ3n) is 0.881. The molecule has 0 unspecified atom stereocenters. The van der Waals surface area contributed by atoms with Crippen molar-refractivity contribution in [2.24, 2.45) is 16.1 Å². The van der Waals surface area contributed by atoms with E-state index in [1.54, 1.807) is 24.3 Å². The van der Waals surface area contributed by atoms with Gasteiger partial charge in [0.05, 0.1) is 0 Å². The van der Waals surface area contributed by atoms with Crippen LogP contribution in [0.3, 0.4) is 0 Å². The van der Waals surface area contributed by atoms with Gasteiger partial charge in [-0.05, 0) is 12.1 Å². The van der Waals surface area contributed by atoms with Crippen LogP contribution >= 0.6 is 0 Å². The molecule has 0 aliphatic carbocycles. The summed E-state index contributed by atoms with van der Waals surface area (Å²) in [5.41, 5.74) is 6.00. The Balaban J connectivity index is 0.000000217. The molecule has 0 spiro atoms. The van der Waals surface area contributed by atoms with Gasteiger partial charge in [-0.15, -0.1) is 5.11 Å². The Labute approximate surface area is 70.0 Å². The Kier molecular flexibility index (Phi) is 6.05. The number of rotatable bonds is 1. The van der Waals surface area contributed by atoms with Crippen molar-refractivity contribution in [3.63, 3.8) is 0 Å². The summed E-state index contributed by atoms with van der Waals surface area (Å²) in [6.07, 6.45) is 0.944. The number of phenols is 1. The van der Waals surface area contributed by atoms with E-state index in [0.717, 1.165) is 6.34 Å². The van der Waals surface area contributed by atoms with E-state index in [4.69, 9.17) is 10.6 Å². The van der Waals surface area contributed by atoms with Gasteiger partial charge < -0.3 is 10.9 Å². The third-order valence-corrected chi connectivity index (χ3v) is 0.881. The van der Waals surface area contributed by atoms with Gasteiger partial charge in [0.25, 0.3) is 0 Å². The van der Waals surface area contributed by atoms with Crippen LogP contribution in [-0.4, -0.2) is 11.4 Å². The first-order valence-corrected chi connectivity index (χ1v) is 3.13. The van der Waals surface area contributed by atoms with Gasteiger partial charge >= 0.3 is 0 Å². The number of para-hydroxylation sites is 1. The highest BCUT2D eigenvalue weighted by Gasteiger charge is 1.74. The van der Waals surface area contributed by atoms with Crippen LogP contribution in [0, 0.1) is 5.53 Å². The number of phenolic OH excluding ortho intramolecular Hbond substituents is 1. The Bertz CT molecular complexity index is 234. The number of aromatic hydroxyl groups is 1. The largest absolute Gasteiger partial charge is 0.508 e. The van der Waals surface area contributed by atoms with Gasteiger partial charge in [0.2, 0.25) is 0 Å². The molecule has 0 aromatic heterocycles. The van der Waals surface area contributed by atoms with Crippen LogP contribution in [0.1, 0.15) is 0 Å². The summed E-state index contributed by atoms with van der Waals surface area (Å²) in [6.45, 7) is 0. The van der Waals surface area contributed by atoms with Crippen molar-refractivity contribution in [1.29, 1.82) is 5.53 Å². The van der Waals surface area contributed by atoms with E-state index in [0.29, 0.717) is 5.75 Å². The number of hydrazone groups is 1. The van der Waals surface area contributed by atoms with E-state index in [-0.39, 0.29) is 0 Å². The van der Waals surface area contributed by atoms with Gasteiger partial charge in [0.15, 0.2) is 6.34 Å². The highest BCUT2D eigenvalue weighted by molar-refractivity contribution is 5.52. The molecule has 0 bridgehead atoms. The van der Waals surface area contributed by atoms with Gasteiger partial charge in [-0.25, -0.2) is 5.53 Å². The fraction of sp³-hybridized carbons (Fsp3) is 0. The van der Waals surface area contributed by atoms with Gasteiger partial charge in [0.1, 0.15) is 5.75 Å². The molecule has 1 aromatic carbocycles. The molecular weight excluding hydrogens is 156 g/mol. The van der Waals surface area contributed by atoms with Crippen LogP contribution in [0.25, 0.3) is 0 Å². The van der Waals surface area contributed by atoms with Crippen molar-refractivity contribution >= 4 is 6.34 Å². The normalized spacial score (nSPS) is 8.67. The lowest BCUT2D eigenvalue weighted by Gasteiger charge is -1.82. The van der Waals surface area contributed by atoms with Crippen LogP contribution in [0.4, 0.5) is 0 Å². The summed E-state index contributed by atoms with van der Waals surface area (Å²) in [5, 5.41) is 14.2. The number of nitrogens with one attached hydrogen (secondary N) is 1. The average molecular weight is 166 g/mol. The Morgan fingerprint density at radius 3 is 2.08 bits per heavy atom. The molecule has 1 rings (SSSR count). The fourth-order valence-corrected chi connectivity index (χ4v) is 0.461. The number of hydrogen-bond donors (Lipinski definition) is 3. The molecule has 0 fully saturated rings. The first-order valence-electron chi connectivity index (χ1n) is 3.13. The molecule has 4 N–H and O–H groups in total. The molecule has 5 nitrogen and oxygen atoms in total. The van der Waals surface area contributed by atoms with Crippen molar-refractivity contribution in [3.8, 4) is 5.75 Å². The van der Waals surface area contributed by atoms with E-state index in [1.807, 2.05) is 6.07 Å². The minimum atomic E-state index is 0.322. The summed E-state index contributed by atoms with van der Waals surface area (Å²) in [4.78, 5) is 0. The van der Waals surface area contributed by atoms with Crippen LogP contribution < -0.4 is 5.84 Å². The van der Waals surface area contributed by atoms with Crippen molar-refractivity contribution in [2.45, 2.75) is 0 Å². The highest BCUT2D eigenvalue weighted by Crippen LogP contribution is 2.02. The Morgan fingerprint density at radius 2 is 1.92 bits per heavy atom. The maximum atomic E-state index is 8.63. The quantitative estimate of drug-likeness (QED) is 0.193. The van der Waals surface area contributed by atoms with Gasteiger partial charge in [-0.3, -0.25) is 0 Å². The fourth-order valence-electron chi connectivity index (χ4n) is 0.461. The molecule has 0 saturated carbocycles. The molecule has 12 heavy (non-hydrogen) atoms. The highest BCUT2D eigenvalue weighted by atomic mass is 16.3. The third kappa shape index (κ3) is 6.21. The monoisotopic (exact) mass is 166 g/mol. The molecule has 0 heterocycles. The molecule has 1 aromatic rings. The minimum Gasteiger partial charge on any atom is -0.508 e. The number of benzene rings is 1.